The maximum absolute atomic E-state index is 12.6. The Morgan fingerprint density at radius 2 is 1.65 bits per heavy atom. The van der Waals surface area contributed by atoms with Crippen LogP contribution in [0.15, 0.2) is 60.7 Å². The van der Waals surface area contributed by atoms with Crippen molar-refractivity contribution >= 4 is 5.78 Å². The summed E-state index contributed by atoms with van der Waals surface area (Å²) in [5, 5.41) is 0. The van der Waals surface area contributed by atoms with E-state index >= 15 is 0 Å². The Morgan fingerprint density at radius 3 is 2.35 bits per heavy atom. The van der Waals surface area contributed by atoms with Gasteiger partial charge in [-0.25, -0.2) is 0 Å². The number of ketones is 1. The van der Waals surface area contributed by atoms with Gasteiger partial charge in [0.25, 0.3) is 0 Å². The molecule has 102 valence electrons. The first-order valence-electron chi connectivity index (χ1n) is 7.22. The molecule has 0 spiro atoms. The predicted molar refractivity (Wildman–Crippen MR) is 80.6 cm³/mol. The summed E-state index contributed by atoms with van der Waals surface area (Å²) in [6.07, 6.45) is 2.08. The van der Waals surface area contributed by atoms with Gasteiger partial charge < -0.3 is 0 Å². The molecule has 1 atom stereocenters. The molecule has 0 aliphatic carbocycles. The number of likely N-dealkylation sites (tertiary alicyclic amines) is 1. The van der Waals surface area contributed by atoms with Gasteiger partial charge in [0, 0.05) is 12.1 Å². The Kier molecular flexibility index (Phi) is 3.93. The van der Waals surface area contributed by atoms with Gasteiger partial charge >= 0.3 is 0 Å². The Balaban J connectivity index is 1.74. The molecule has 3 rings (SSSR count). The van der Waals surface area contributed by atoms with E-state index in [0.717, 1.165) is 31.5 Å². The second-order valence-electron chi connectivity index (χ2n) is 5.34. The van der Waals surface area contributed by atoms with E-state index in [4.69, 9.17) is 0 Å². The van der Waals surface area contributed by atoms with Crippen LogP contribution in [0.25, 0.3) is 0 Å². The first kappa shape index (κ1) is 13.1. The molecule has 0 bridgehead atoms. The van der Waals surface area contributed by atoms with Gasteiger partial charge in [0.05, 0.1) is 6.04 Å². The van der Waals surface area contributed by atoms with Crippen molar-refractivity contribution in [1.82, 2.24) is 4.90 Å². The third-order valence-corrected chi connectivity index (χ3v) is 3.95. The van der Waals surface area contributed by atoms with E-state index < -0.39 is 0 Å². The van der Waals surface area contributed by atoms with Gasteiger partial charge in [-0.05, 0) is 24.9 Å². The second kappa shape index (κ2) is 6.02. The first-order valence-corrected chi connectivity index (χ1v) is 7.22. The third kappa shape index (κ3) is 2.81. The number of Topliss-reactive ketones (excluding diaryl/α,β-unsaturated/α-hetero) is 1. The fourth-order valence-electron chi connectivity index (χ4n) is 2.93. The maximum atomic E-state index is 12.6. The number of hydrogen-bond acceptors (Lipinski definition) is 2. The summed E-state index contributed by atoms with van der Waals surface area (Å²) in [6.45, 7) is 1.88. The number of hydrogen-bond donors (Lipinski definition) is 0. The van der Waals surface area contributed by atoms with Crippen LogP contribution >= 0.6 is 0 Å². The van der Waals surface area contributed by atoms with E-state index in [1.165, 1.54) is 5.56 Å². The number of carbonyl (C=O) groups excluding carboxylic acids is 1. The van der Waals surface area contributed by atoms with Crippen molar-refractivity contribution in [3.8, 4) is 0 Å². The van der Waals surface area contributed by atoms with Crippen molar-refractivity contribution in [3.05, 3.63) is 71.8 Å². The number of rotatable bonds is 4. The van der Waals surface area contributed by atoms with Crippen LogP contribution in [0.4, 0.5) is 0 Å². The highest BCUT2D eigenvalue weighted by molar-refractivity contribution is 6.00. The van der Waals surface area contributed by atoms with Crippen LogP contribution in [-0.4, -0.2) is 23.3 Å². The van der Waals surface area contributed by atoms with Crippen LogP contribution in [0.3, 0.4) is 0 Å². The summed E-state index contributed by atoms with van der Waals surface area (Å²) in [5.41, 5.74) is 2.11. The van der Waals surface area contributed by atoms with Crippen LogP contribution in [0.1, 0.15) is 28.8 Å². The van der Waals surface area contributed by atoms with E-state index in [1.807, 2.05) is 36.4 Å². The van der Waals surface area contributed by atoms with E-state index in [9.17, 15) is 4.79 Å². The largest absolute Gasteiger partial charge is 0.292 e. The average molecular weight is 265 g/mol. The van der Waals surface area contributed by atoms with Crippen molar-refractivity contribution in [3.63, 3.8) is 0 Å². The molecule has 2 aromatic carbocycles. The maximum Gasteiger partial charge on any atom is 0.179 e. The van der Waals surface area contributed by atoms with Crippen molar-refractivity contribution in [1.29, 1.82) is 0 Å². The Morgan fingerprint density at radius 1 is 1.00 bits per heavy atom. The van der Waals surface area contributed by atoms with Gasteiger partial charge in [0.2, 0.25) is 0 Å². The van der Waals surface area contributed by atoms with Crippen molar-refractivity contribution in [2.45, 2.75) is 25.4 Å². The molecule has 1 fully saturated rings. The molecule has 2 heteroatoms. The zero-order valence-electron chi connectivity index (χ0n) is 11.5. The van der Waals surface area contributed by atoms with E-state index in [2.05, 4.69) is 29.2 Å². The van der Waals surface area contributed by atoms with E-state index in [1.54, 1.807) is 0 Å². The minimum atomic E-state index is 0.0395. The summed E-state index contributed by atoms with van der Waals surface area (Å²) >= 11 is 0. The van der Waals surface area contributed by atoms with Gasteiger partial charge in [0.15, 0.2) is 5.78 Å². The molecule has 1 aliphatic rings. The molecule has 1 unspecified atom stereocenters. The van der Waals surface area contributed by atoms with Crippen LogP contribution in [0.2, 0.25) is 0 Å². The van der Waals surface area contributed by atoms with Gasteiger partial charge in [-0.1, -0.05) is 60.7 Å². The molecule has 20 heavy (non-hydrogen) atoms. The van der Waals surface area contributed by atoms with E-state index in [-0.39, 0.29) is 11.8 Å². The Bertz CT molecular complexity index is 564. The molecule has 1 heterocycles. The quantitative estimate of drug-likeness (QED) is 0.788. The Labute approximate surface area is 120 Å². The first-order chi connectivity index (χ1) is 9.84. The molecule has 1 aliphatic heterocycles. The lowest BCUT2D eigenvalue weighted by atomic mass is 10.0. The van der Waals surface area contributed by atoms with Crippen LogP contribution < -0.4 is 0 Å². The standard InChI is InChI=1S/C18H19NO/c20-18(16-10-5-2-6-11-16)17-12-7-13-19(17)14-15-8-3-1-4-9-15/h1-6,8-11,17H,7,12-14H2. The molecule has 0 aromatic heterocycles. The van der Waals surface area contributed by atoms with E-state index in [0.29, 0.717) is 0 Å². The highest BCUT2D eigenvalue weighted by Crippen LogP contribution is 2.23. The summed E-state index contributed by atoms with van der Waals surface area (Å²) in [4.78, 5) is 14.9. The molecular weight excluding hydrogens is 246 g/mol. The summed E-state index contributed by atoms with van der Waals surface area (Å²) in [6, 6.07) is 20.1. The minimum Gasteiger partial charge on any atom is -0.292 e. The molecule has 0 saturated carbocycles. The van der Waals surface area contributed by atoms with Crippen molar-refractivity contribution in [2.75, 3.05) is 6.54 Å². The van der Waals surface area contributed by atoms with Gasteiger partial charge in [0.1, 0.15) is 0 Å². The minimum absolute atomic E-state index is 0.0395. The zero-order valence-corrected chi connectivity index (χ0v) is 11.5. The number of benzene rings is 2. The molecule has 2 aromatic rings. The van der Waals surface area contributed by atoms with Crippen LogP contribution in [0, 0.1) is 0 Å². The average Bonchev–Trinajstić information content (AvgIpc) is 2.96. The monoisotopic (exact) mass is 265 g/mol. The molecule has 0 radical (unpaired) electrons. The highest BCUT2D eigenvalue weighted by Gasteiger charge is 2.30. The molecule has 2 nitrogen and oxygen atoms in total. The fraction of sp³-hybridized carbons (Fsp3) is 0.278. The highest BCUT2D eigenvalue weighted by atomic mass is 16.1. The fourth-order valence-corrected chi connectivity index (χ4v) is 2.93. The lowest BCUT2D eigenvalue weighted by Gasteiger charge is -2.23. The lowest BCUT2D eigenvalue weighted by molar-refractivity contribution is 0.0862. The predicted octanol–water partition coefficient (Wildman–Crippen LogP) is 3.53. The van der Waals surface area contributed by atoms with Crippen molar-refractivity contribution < 1.29 is 4.79 Å². The van der Waals surface area contributed by atoms with Gasteiger partial charge in [-0.3, -0.25) is 9.69 Å². The smallest absolute Gasteiger partial charge is 0.179 e. The van der Waals surface area contributed by atoms with Crippen molar-refractivity contribution in [2.24, 2.45) is 0 Å². The van der Waals surface area contributed by atoms with Gasteiger partial charge in [-0.15, -0.1) is 0 Å². The molecule has 1 saturated heterocycles. The summed E-state index contributed by atoms with van der Waals surface area (Å²) < 4.78 is 0. The summed E-state index contributed by atoms with van der Waals surface area (Å²) in [5.74, 6) is 0.263. The SMILES string of the molecule is O=C(c1ccccc1)C1CCCN1Cc1ccccc1. The third-order valence-electron chi connectivity index (χ3n) is 3.95. The Hall–Kier alpha value is -1.93. The molecular formula is C18H19NO. The normalized spacial score (nSPS) is 19.1. The second-order valence-corrected chi connectivity index (χ2v) is 5.34. The number of carbonyl (C=O) groups is 1. The molecule has 0 N–H and O–H groups in total. The zero-order chi connectivity index (χ0) is 13.8. The van der Waals surface area contributed by atoms with Crippen LogP contribution in [-0.2, 0) is 6.54 Å². The topological polar surface area (TPSA) is 20.3 Å². The van der Waals surface area contributed by atoms with Crippen LogP contribution in [0.5, 0.6) is 0 Å². The van der Waals surface area contributed by atoms with Gasteiger partial charge in [-0.2, -0.15) is 0 Å². The lowest BCUT2D eigenvalue weighted by Crippen LogP contribution is -2.35. The molecule has 0 amide bonds. The number of nitrogens with zero attached hydrogens (tertiary/aromatic N) is 1. The summed E-state index contributed by atoms with van der Waals surface area (Å²) in [7, 11) is 0.